The molecule has 0 spiro atoms. The first kappa shape index (κ1) is 15.6. The lowest BCUT2D eigenvalue weighted by Crippen LogP contribution is -2.04. The lowest BCUT2D eigenvalue weighted by molar-refractivity contribution is 0.0520. The molecule has 0 saturated heterocycles. The summed E-state index contributed by atoms with van der Waals surface area (Å²) in [7, 11) is 0. The number of ketones is 1. The van der Waals surface area contributed by atoms with Gasteiger partial charge in [-0.05, 0) is 49.4 Å². The van der Waals surface area contributed by atoms with Gasteiger partial charge in [-0.1, -0.05) is 0 Å². The Morgan fingerprint density at radius 2 is 1.88 bits per heavy atom. The molecule has 0 bridgehead atoms. The first-order chi connectivity index (χ1) is 11.5. The molecule has 0 saturated carbocycles. The van der Waals surface area contributed by atoms with E-state index in [9.17, 15) is 14.7 Å². The number of H-pyrrole nitrogens is 1. The molecule has 2 aromatic carbocycles. The molecule has 3 aromatic rings. The van der Waals surface area contributed by atoms with Crippen molar-refractivity contribution in [1.82, 2.24) is 4.98 Å². The molecule has 0 aliphatic carbocycles. The van der Waals surface area contributed by atoms with Gasteiger partial charge in [0, 0.05) is 22.2 Å². The van der Waals surface area contributed by atoms with Crippen molar-refractivity contribution < 1.29 is 19.4 Å². The monoisotopic (exact) mass is 324 g/mol. The summed E-state index contributed by atoms with van der Waals surface area (Å²) in [4.78, 5) is 27.5. The van der Waals surface area contributed by atoms with Crippen molar-refractivity contribution in [1.29, 1.82) is 0 Å². The fourth-order valence-corrected chi connectivity index (χ4v) is 2.53. The molecule has 1 aromatic heterocycles. The van der Waals surface area contributed by atoms with Gasteiger partial charge in [0.1, 0.15) is 11.4 Å². The summed E-state index contributed by atoms with van der Waals surface area (Å²) in [6, 6.07) is 10.9. The average Bonchev–Trinajstić information content (AvgIpc) is 2.99. The number of benzene rings is 2. The molecule has 4 N–H and O–H groups in total. The van der Waals surface area contributed by atoms with Crippen LogP contribution in [0.2, 0.25) is 0 Å². The molecule has 0 atom stereocenters. The zero-order chi connectivity index (χ0) is 17.3. The number of nitrogens with two attached hydrogens (primary N) is 1. The Morgan fingerprint density at radius 3 is 2.54 bits per heavy atom. The number of aromatic nitrogens is 1. The molecule has 1 heterocycles. The summed E-state index contributed by atoms with van der Waals surface area (Å²) in [5.41, 5.74) is 7.49. The number of fused-ring (bicyclic) bond motifs is 1. The molecule has 6 heteroatoms. The lowest BCUT2D eigenvalue weighted by atomic mass is 9.99. The normalized spacial score (nSPS) is 10.7. The molecule has 0 aliphatic rings. The SMILES string of the molecule is CCOC(=O)c1cc2c(C(=O)c3ccc(N)cc3)c(O)ccc2[nH]1. The zero-order valence-corrected chi connectivity index (χ0v) is 13.0. The molecule has 3 rings (SSSR count). The Hall–Kier alpha value is -3.28. The first-order valence-electron chi connectivity index (χ1n) is 7.43. The molecule has 24 heavy (non-hydrogen) atoms. The van der Waals surface area contributed by atoms with Gasteiger partial charge in [0.15, 0.2) is 5.78 Å². The average molecular weight is 324 g/mol. The van der Waals surface area contributed by atoms with Crippen LogP contribution in [0.5, 0.6) is 5.75 Å². The largest absolute Gasteiger partial charge is 0.507 e. The van der Waals surface area contributed by atoms with Gasteiger partial charge >= 0.3 is 5.97 Å². The van der Waals surface area contributed by atoms with Crippen molar-refractivity contribution in [2.45, 2.75) is 6.92 Å². The number of anilines is 1. The van der Waals surface area contributed by atoms with Crippen molar-refractivity contribution >= 4 is 28.3 Å². The number of carbonyl (C=O) groups is 2. The van der Waals surface area contributed by atoms with Gasteiger partial charge in [-0.2, -0.15) is 0 Å². The van der Waals surface area contributed by atoms with E-state index < -0.39 is 5.97 Å². The third-order valence-electron chi connectivity index (χ3n) is 3.68. The minimum atomic E-state index is -0.515. The highest BCUT2D eigenvalue weighted by Gasteiger charge is 2.20. The summed E-state index contributed by atoms with van der Waals surface area (Å²) in [5, 5.41) is 10.6. The zero-order valence-electron chi connectivity index (χ0n) is 13.0. The molecule has 0 radical (unpaired) electrons. The maximum absolute atomic E-state index is 12.8. The van der Waals surface area contributed by atoms with E-state index in [1.165, 1.54) is 12.1 Å². The van der Waals surface area contributed by atoms with E-state index in [-0.39, 0.29) is 29.4 Å². The van der Waals surface area contributed by atoms with Crippen molar-refractivity contribution in [3.8, 4) is 5.75 Å². The maximum atomic E-state index is 12.8. The van der Waals surface area contributed by atoms with Crippen molar-refractivity contribution in [3.63, 3.8) is 0 Å². The molecule has 0 amide bonds. The van der Waals surface area contributed by atoms with E-state index in [1.54, 1.807) is 37.3 Å². The van der Waals surface area contributed by atoms with E-state index in [1.807, 2.05) is 0 Å². The molecular weight excluding hydrogens is 308 g/mol. The highest BCUT2D eigenvalue weighted by Crippen LogP contribution is 2.30. The Kier molecular flexibility index (Phi) is 3.95. The van der Waals surface area contributed by atoms with Crippen LogP contribution >= 0.6 is 0 Å². The van der Waals surface area contributed by atoms with Crippen molar-refractivity contribution in [2.75, 3.05) is 12.3 Å². The van der Waals surface area contributed by atoms with E-state index in [4.69, 9.17) is 10.5 Å². The summed E-state index contributed by atoms with van der Waals surface area (Å²) < 4.78 is 4.95. The van der Waals surface area contributed by atoms with E-state index in [0.717, 1.165) is 0 Å². The number of ether oxygens (including phenoxy) is 1. The third kappa shape index (κ3) is 2.69. The fraction of sp³-hybridized carbons (Fsp3) is 0.111. The molecule has 6 nitrogen and oxygen atoms in total. The maximum Gasteiger partial charge on any atom is 0.354 e. The molecule has 122 valence electrons. The van der Waals surface area contributed by atoms with E-state index >= 15 is 0 Å². The number of aromatic hydroxyl groups is 1. The topological polar surface area (TPSA) is 105 Å². The van der Waals surface area contributed by atoms with Crippen LogP contribution in [0.4, 0.5) is 5.69 Å². The number of hydrogen-bond donors (Lipinski definition) is 3. The number of nitrogen functional groups attached to an aromatic ring is 1. The summed E-state index contributed by atoms with van der Waals surface area (Å²) in [5.74, 6) is -1.02. The van der Waals surface area contributed by atoms with E-state index in [2.05, 4.69) is 4.98 Å². The minimum Gasteiger partial charge on any atom is -0.507 e. The predicted octanol–water partition coefficient (Wildman–Crippen LogP) is 2.86. The van der Waals surface area contributed by atoms with Gasteiger partial charge < -0.3 is 20.6 Å². The van der Waals surface area contributed by atoms with Gasteiger partial charge in [-0.3, -0.25) is 4.79 Å². The molecular formula is C18H16N2O4. The standard InChI is InChI=1S/C18H16N2O4/c1-2-24-18(23)14-9-12-13(20-14)7-8-15(21)16(12)17(22)10-3-5-11(19)6-4-10/h3-9,20-21H,2,19H2,1H3. The van der Waals surface area contributed by atoms with Crippen LogP contribution in [0.25, 0.3) is 10.9 Å². The number of phenolic OH excluding ortho intramolecular Hbond substituents is 1. The lowest BCUT2D eigenvalue weighted by Gasteiger charge is -2.06. The molecule has 0 aliphatic heterocycles. The minimum absolute atomic E-state index is 0.129. The van der Waals surface area contributed by atoms with Crippen LogP contribution in [-0.4, -0.2) is 28.4 Å². The Bertz CT molecular complexity index is 926. The second kappa shape index (κ2) is 6.08. The Morgan fingerprint density at radius 1 is 1.17 bits per heavy atom. The van der Waals surface area contributed by atoms with Gasteiger partial charge in [0.05, 0.1) is 12.2 Å². The highest BCUT2D eigenvalue weighted by atomic mass is 16.5. The predicted molar refractivity (Wildman–Crippen MR) is 90.2 cm³/mol. The van der Waals surface area contributed by atoms with Gasteiger partial charge in [-0.25, -0.2) is 4.79 Å². The van der Waals surface area contributed by atoms with Crippen LogP contribution in [0.3, 0.4) is 0 Å². The fourth-order valence-electron chi connectivity index (χ4n) is 2.53. The van der Waals surface area contributed by atoms with Crippen LogP contribution in [0.1, 0.15) is 33.3 Å². The van der Waals surface area contributed by atoms with E-state index in [0.29, 0.717) is 22.2 Å². The Labute approximate surface area is 137 Å². The summed E-state index contributed by atoms with van der Waals surface area (Å²) >= 11 is 0. The van der Waals surface area contributed by atoms with Gasteiger partial charge in [0.2, 0.25) is 0 Å². The number of esters is 1. The Balaban J connectivity index is 2.12. The van der Waals surface area contributed by atoms with Crippen LogP contribution in [-0.2, 0) is 4.74 Å². The first-order valence-corrected chi connectivity index (χ1v) is 7.43. The van der Waals surface area contributed by atoms with Crippen LogP contribution < -0.4 is 5.73 Å². The highest BCUT2D eigenvalue weighted by molar-refractivity contribution is 6.18. The van der Waals surface area contributed by atoms with Crippen molar-refractivity contribution in [2.24, 2.45) is 0 Å². The second-order valence-electron chi connectivity index (χ2n) is 5.28. The summed E-state index contributed by atoms with van der Waals surface area (Å²) in [6.07, 6.45) is 0. The van der Waals surface area contributed by atoms with Crippen LogP contribution in [0, 0.1) is 0 Å². The van der Waals surface area contributed by atoms with Crippen LogP contribution in [0.15, 0.2) is 42.5 Å². The van der Waals surface area contributed by atoms with Gasteiger partial charge in [0.25, 0.3) is 0 Å². The number of aromatic amines is 1. The second-order valence-corrected chi connectivity index (χ2v) is 5.28. The molecule has 0 fully saturated rings. The number of nitrogens with one attached hydrogen (secondary N) is 1. The summed E-state index contributed by atoms with van der Waals surface area (Å²) in [6.45, 7) is 1.96. The smallest absolute Gasteiger partial charge is 0.354 e. The number of rotatable bonds is 4. The number of carbonyl (C=O) groups excluding carboxylic acids is 2. The number of phenols is 1. The van der Waals surface area contributed by atoms with Crippen molar-refractivity contribution in [3.05, 3.63) is 59.3 Å². The van der Waals surface area contributed by atoms with Gasteiger partial charge in [-0.15, -0.1) is 0 Å². The molecule has 0 unspecified atom stereocenters. The number of hydrogen-bond acceptors (Lipinski definition) is 5. The third-order valence-corrected chi connectivity index (χ3v) is 3.68. The quantitative estimate of drug-likeness (QED) is 0.389.